The molecule has 0 spiro atoms. The first kappa shape index (κ1) is 18.1. The molecule has 3 aromatic rings. The molecule has 0 N–H and O–H groups in total. The highest BCUT2D eigenvalue weighted by atomic mass is 32.2. The van der Waals surface area contributed by atoms with Crippen molar-refractivity contribution in [2.75, 3.05) is 18.1 Å². The molecular weight excluding hydrogens is 369 g/mol. The van der Waals surface area contributed by atoms with Crippen LogP contribution in [0.15, 0.2) is 30.6 Å². The molecule has 1 saturated heterocycles. The fourth-order valence-electron chi connectivity index (χ4n) is 3.77. The van der Waals surface area contributed by atoms with Crippen LogP contribution in [-0.4, -0.2) is 50.7 Å². The predicted molar refractivity (Wildman–Crippen MR) is 100 cm³/mol. The van der Waals surface area contributed by atoms with Crippen molar-refractivity contribution in [2.24, 2.45) is 7.05 Å². The second kappa shape index (κ2) is 6.72. The van der Waals surface area contributed by atoms with Crippen molar-refractivity contribution in [3.8, 4) is 0 Å². The number of hydrogen-bond acceptors (Lipinski definition) is 5. The lowest BCUT2D eigenvalue weighted by atomic mass is 10.1. The first-order valence-electron chi connectivity index (χ1n) is 8.94. The molecule has 0 amide bonds. The molecule has 0 saturated carbocycles. The highest BCUT2D eigenvalue weighted by Crippen LogP contribution is 2.29. The summed E-state index contributed by atoms with van der Waals surface area (Å²) in [5.41, 5.74) is 1.98. The molecule has 1 aromatic carbocycles. The van der Waals surface area contributed by atoms with E-state index in [4.69, 9.17) is 0 Å². The number of nitrogens with zero attached hydrogens (tertiary/aromatic N) is 5. The highest BCUT2D eigenvalue weighted by molar-refractivity contribution is 7.91. The summed E-state index contributed by atoms with van der Waals surface area (Å²) in [6.45, 7) is 3.53. The molecule has 3 heterocycles. The van der Waals surface area contributed by atoms with Gasteiger partial charge >= 0.3 is 0 Å². The number of para-hydroxylation sites is 1. The fourth-order valence-corrected chi connectivity index (χ4v) is 5.33. The van der Waals surface area contributed by atoms with Gasteiger partial charge in [0, 0.05) is 31.9 Å². The van der Waals surface area contributed by atoms with Gasteiger partial charge < -0.3 is 4.57 Å². The molecule has 1 unspecified atom stereocenters. The maximum Gasteiger partial charge on any atom is 0.153 e. The van der Waals surface area contributed by atoms with Crippen molar-refractivity contribution in [3.05, 3.63) is 47.8 Å². The van der Waals surface area contributed by atoms with E-state index >= 15 is 0 Å². The van der Waals surface area contributed by atoms with E-state index in [1.54, 1.807) is 16.9 Å². The standard InChI is InChI=1S/C18H22FN5O2S/c1-3-24-15-6-4-5-14(19)18(15)21-17(24)11-23-7-8-27(25,26)12-16(23)13-9-20-22(2)10-13/h4-6,9-10,16H,3,7-8,11-12H2,1-2H3. The normalized spacial score (nSPS) is 20.3. The maximum absolute atomic E-state index is 14.2. The van der Waals surface area contributed by atoms with Crippen LogP contribution in [0.25, 0.3) is 11.0 Å². The Morgan fingerprint density at radius 2 is 2.15 bits per heavy atom. The van der Waals surface area contributed by atoms with Crippen LogP contribution >= 0.6 is 0 Å². The topological polar surface area (TPSA) is 73.0 Å². The second-order valence-corrected chi connectivity index (χ2v) is 9.16. The van der Waals surface area contributed by atoms with Crippen molar-refractivity contribution in [2.45, 2.75) is 26.1 Å². The molecule has 1 fully saturated rings. The third kappa shape index (κ3) is 3.37. The average molecular weight is 391 g/mol. The quantitative estimate of drug-likeness (QED) is 0.679. The smallest absolute Gasteiger partial charge is 0.153 e. The summed E-state index contributed by atoms with van der Waals surface area (Å²) in [4.78, 5) is 6.62. The second-order valence-electron chi connectivity index (χ2n) is 6.93. The zero-order valence-corrected chi connectivity index (χ0v) is 16.2. The van der Waals surface area contributed by atoms with Crippen molar-refractivity contribution >= 4 is 20.9 Å². The summed E-state index contributed by atoms with van der Waals surface area (Å²) in [6, 6.07) is 4.66. The summed E-state index contributed by atoms with van der Waals surface area (Å²) >= 11 is 0. The van der Waals surface area contributed by atoms with Crippen LogP contribution in [0.4, 0.5) is 4.39 Å². The zero-order valence-electron chi connectivity index (χ0n) is 15.3. The van der Waals surface area contributed by atoms with E-state index in [9.17, 15) is 12.8 Å². The van der Waals surface area contributed by atoms with E-state index in [1.807, 2.05) is 30.8 Å². The Labute approximate surface area is 157 Å². The Bertz CT molecular complexity index is 1090. The van der Waals surface area contributed by atoms with Crippen molar-refractivity contribution in [1.82, 2.24) is 24.2 Å². The molecule has 0 aliphatic carbocycles. The fraction of sp³-hybridized carbons (Fsp3) is 0.444. The molecule has 1 aliphatic heterocycles. The van der Waals surface area contributed by atoms with Gasteiger partial charge in [-0.15, -0.1) is 0 Å². The van der Waals surface area contributed by atoms with Crippen LogP contribution in [0.2, 0.25) is 0 Å². The van der Waals surface area contributed by atoms with Crippen molar-refractivity contribution in [1.29, 1.82) is 0 Å². The van der Waals surface area contributed by atoms with Gasteiger partial charge in [0.2, 0.25) is 0 Å². The summed E-state index contributed by atoms with van der Waals surface area (Å²) in [5, 5.41) is 4.19. The minimum atomic E-state index is -3.11. The molecule has 27 heavy (non-hydrogen) atoms. The van der Waals surface area contributed by atoms with E-state index in [2.05, 4.69) is 15.0 Å². The Morgan fingerprint density at radius 1 is 1.33 bits per heavy atom. The lowest BCUT2D eigenvalue weighted by Gasteiger charge is -2.34. The number of benzene rings is 1. The predicted octanol–water partition coefficient (Wildman–Crippen LogP) is 1.90. The van der Waals surface area contributed by atoms with Gasteiger partial charge in [-0.1, -0.05) is 6.07 Å². The Kier molecular flexibility index (Phi) is 4.51. The number of fused-ring (bicyclic) bond motifs is 1. The molecule has 144 valence electrons. The van der Waals surface area contributed by atoms with E-state index in [1.165, 1.54) is 6.07 Å². The minimum absolute atomic E-state index is 0.0550. The summed E-state index contributed by atoms with van der Waals surface area (Å²) in [6.07, 6.45) is 3.56. The molecule has 2 aromatic heterocycles. The number of aryl methyl sites for hydroxylation is 2. The third-order valence-corrected chi connectivity index (χ3v) is 6.75. The number of sulfone groups is 1. The summed E-state index contributed by atoms with van der Waals surface area (Å²) < 4.78 is 42.3. The van der Waals surface area contributed by atoms with E-state index < -0.39 is 9.84 Å². The summed E-state index contributed by atoms with van der Waals surface area (Å²) in [5.74, 6) is 0.570. The number of rotatable bonds is 4. The van der Waals surface area contributed by atoms with Gasteiger partial charge in [-0.3, -0.25) is 9.58 Å². The number of halogens is 1. The molecule has 1 aliphatic rings. The molecule has 0 radical (unpaired) electrons. The van der Waals surface area contributed by atoms with E-state index in [0.717, 1.165) is 16.9 Å². The van der Waals surface area contributed by atoms with E-state index in [-0.39, 0.29) is 23.4 Å². The molecule has 1 atom stereocenters. The van der Waals surface area contributed by atoms with Crippen LogP contribution in [-0.2, 0) is 30.0 Å². The first-order valence-corrected chi connectivity index (χ1v) is 10.8. The number of aromatic nitrogens is 4. The van der Waals surface area contributed by atoms with Crippen molar-refractivity contribution in [3.63, 3.8) is 0 Å². The minimum Gasteiger partial charge on any atom is -0.327 e. The average Bonchev–Trinajstić information content (AvgIpc) is 3.20. The van der Waals surface area contributed by atoms with Gasteiger partial charge in [0.25, 0.3) is 0 Å². The third-order valence-electron chi connectivity index (χ3n) is 5.12. The first-order chi connectivity index (χ1) is 12.9. The van der Waals surface area contributed by atoms with Crippen LogP contribution < -0.4 is 0 Å². The van der Waals surface area contributed by atoms with Crippen LogP contribution in [0.3, 0.4) is 0 Å². The number of imidazole rings is 1. The van der Waals surface area contributed by atoms with Gasteiger partial charge in [-0.25, -0.2) is 17.8 Å². The molecule has 9 heteroatoms. The summed E-state index contributed by atoms with van der Waals surface area (Å²) in [7, 11) is -1.30. The van der Waals surface area contributed by atoms with Crippen molar-refractivity contribution < 1.29 is 12.8 Å². The lowest BCUT2D eigenvalue weighted by molar-refractivity contribution is 0.199. The molecule has 0 bridgehead atoms. The largest absolute Gasteiger partial charge is 0.327 e. The van der Waals surface area contributed by atoms with Gasteiger partial charge in [0.1, 0.15) is 11.3 Å². The molecule has 7 nitrogen and oxygen atoms in total. The van der Waals surface area contributed by atoms with Crippen LogP contribution in [0.1, 0.15) is 24.4 Å². The molecule has 4 rings (SSSR count). The lowest BCUT2D eigenvalue weighted by Crippen LogP contribution is -2.42. The number of hydrogen-bond donors (Lipinski definition) is 0. The Balaban J connectivity index is 1.72. The van der Waals surface area contributed by atoms with Gasteiger partial charge in [-0.2, -0.15) is 5.10 Å². The zero-order chi connectivity index (χ0) is 19.2. The van der Waals surface area contributed by atoms with Gasteiger partial charge in [0.05, 0.1) is 35.8 Å². The Morgan fingerprint density at radius 3 is 2.85 bits per heavy atom. The highest BCUT2D eigenvalue weighted by Gasteiger charge is 2.34. The van der Waals surface area contributed by atoms with Crippen LogP contribution in [0, 0.1) is 5.82 Å². The monoisotopic (exact) mass is 391 g/mol. The van der Waals surface area contributed by atoms with E-state index in [0.29, 0.717) is 25.2 Å². The van der Waals surface area contributed by atoms with Gasteiger partial charge in [0.15, 0.2) is 15.7 Å². The molecular formula is C18H22FN5O2S. The SMILES string of the molecule is CCn1c(CN2CCS(=O)(=O)CC2c2cnn(C)c2)nc2c(F)cccc21. The van der Waals surface area contributed by atoms with Gasteiger partial charge in [-0.05, 0) is 19.1 Å². The maximum atomic E-state index is 14.2. The van der Waals surface area contributed by atoms with Crippen LogP contribution in [0.5, 0.6) is 0 Å². The Hall–Kier alpha value is -2.26.